The lowest BCUT2D eigenvalue weighted by molar-refractivity contribution is 0.231. The molecule has 0 radical (unpaired) electrons. The van der Waals surface area contributed by atoms with Crippen molar-refractivity contribution in [2.24, 2.45) is 0 Å². The van der Waals surface area contributed by atoms with Crippen LogP contribution in [0.2, 0.25) is 0 Å². The fraction of sp³-hybridized carbons (Fsp3) is 0.412. The van der Waals surface area contributed by atoms with Crippen molar-refractivity contribution in [3.8, 4) is 0 Å². The zero-order valence-corrected chi connectivity index (χ0v) is 13.4. The van der Waals surface area contributed by atoms with E-state index in [0.717, 1.165) is 0 Å². The van der Waals surface area contributed by atoms with E-state index in [1.165, 1.54) is 5.56 Å². The first-order valence-corrected chi connectivity index (χ1v) is 7.56. The number of aromatic nitrogens is 2. The molecule has 0 spiro atoms. The van der Waals surface area contributed by atoms with Crippen LogP contribution in [-0.4, -0.2) is 28.2 Å². The summed E-state index contributed by atoms with van der Waals surface area (Å²) >= 11 is 0. The number of imidazole rings is 1. The molecule has 22 heavy (non-hydrogen) atoms. The van der Waals surface area contributed by atoms with Crippen LogP contribution in [0.1, 0.15) is 26.3 Å². The monoisotopic (exact) mass is 300 g/mol. The van der Waals surface area contributed by atoms with Crippen molar-refractivity contribution in [1.29, 1.82) is 0 Å². The number of carbonyl (C=O) groups is 1. The molecular formula is C17H24N4O. The molecule has 1 aromatic heterocycles. The summed E-state index contributed by atoms with van der Waals surface area (Å²) in [6.07, 6.45) is 5.34. The van der Waals surface area contributed by atoms with Gasteiger partial charge in [-0.3, -0.25) is 0 Å². The molecule has 5 nitrogen and oxygen atoms in total. The molecule has 0 aliphatic carbocycles. The Morgan fingerprint density at radius 3 is 2.68 bits per heavy atom. The van der Waals surface area contributed by atoms with Crippen LogP contribution in [0, 0.1) is 0 Å². The minimum absolute atomic E-state index is 0.0168. The molecule has 0 saturated heterocycles. The summed E-state index contributed by atoms with van der Waals surface area (Å²) in [5, 5.41) is 5.90. The standard InChI is InChI=1S/C17H24N4O/c1-14(17(2,3)15-7-5-4-6-8-15)20-16(22)19-10-12-21-11-9-18-13-21/h4-9,11,13-14H,10,12H2,1-3H3,(H2,19,20,22)/t14-/m1/s1. The lowest BCUT2D eigenvalue weighted by Gasteiger charge is -2.33. The minimum atomic E-state index is -0.142. The number of hydrogen-bond acceptors (Lipinski definition) is 2. The number of urea groups is 1. The van der Waals surface area contributed by atoms with Crippen LogP contribution in [0.4, 0.5) is 4.79 Å². The van der Waals surface area contributed by atoms with E-state index in [1.54, 1.807) is 12.5 Å². The number of carbonyl (C=O) groups excluding carboxylic acids is 1. The maximum atomic E-state index is 12.0. The number of nitrogens with zero attached hydrogens (tertiary/aromatic N) is 2. The van der Waals surface area contributed by atoms with Gasteiger partial charge < -0.3 is 15.2 Å². The van der Waals surface area contributed by atoms with Gasteiger partial charge in [0.15, 0.2) is 0 Å². The summed E-state index contributed by atoms with van der Waals surface area (Å²) < 4.78 is 1.93. The van der Waals surface area contributed by atoms with E-state index in [2.05, 4.69) is 41.6 Å². The fourth-order valence-electron chi connectivity index (χ4n) is 2.26. The number of benzene rings is 1. The Labute approximate surface area is 131 Å². The first-order chi connectivity index (χ1) is 10.5. The quantitative estimate of drug-likeness (QED) is 0.861. The number of nitrogens with one attached hydrogen (secondary N) is 2. The lowest BCUT2D eigenvalue weighted by Crippen LogP contribution is -2.49. The molecule has 118 valence electrons. The van der Waals surface area contributed by atoms with Crippen LogP contribution < -0.4 is 10.6 Å². The van der Waals surface area contributed by atoms with E-state index < -0.39 is 0 Å². The van der Waals surface area contributed by atoms with E-state index in [4.69, 9.17) is 0 Å². The summed E-state index contributed by atoms with van der Waals surface area (Å²) in [5.41, 5.74) is 1.07. The smallest absolute Gasteiger partial charge is 0.315 e. The zero-order chi connectivity index (χ0) is 16.0. The average Bonchev–Trinajstić information content (AvgIpc) is 3.01. The largest absolute Gasteiger partial charge is 0.336 e. The number of rotatable bonds is 6. The Bertz CT molecular complexity index is 578. The first-order valence-electron chi connectivity index (χ1n) is 7.56. The number of hydrogen-bond donors (Lipinski definition) is 2. The van der Waals surface area contributed by atoms with Crippen LogP contribution in [0.5, 0.6) is 0 Å². The molecule has 2 amide bonds. The van der Waals surface area contributed by atoms with Crippen LogP contribution in [0.3, 0.4) is 0 Å². The highest BCUT2D eigenvalue weighted by atomic mass is 16.2. The molecule has 1 aromatic carbocycles. The Kier molecular flexibility index (Phi) is 5.20. The summed E-state index contributed by atoms with van der Waals surface area (Å²) in [6.45, 7) is 7.59. The second kappa shape index (κ2) is 7.11. The fourth-order valence-corrected chi connectivity index (χ4v) is 2.26. The SMILES string of the molecule is C[C@@H](NC(=O)NCCn1ccnc1)C(C)(C)c1ccccc1. The molecule has 0 aliphatic heterocycles. The van der Waals surface area contributed by atoms with E-state index in [-0.39, 0.29) is 17.5 Å². The Balaban J connectivity index is 1.82. The molecule has 5 heteroatoms. The maximum absolute atomic E-state index is 12.0. The summed E-state index contributed by atoms with van der Waals surface area (Å²) in [4.78, 5) is 16.0. The molecule has 2 rings (SSSR count). The van der Waals surface area contributed by atoms with Crippen molar-refractivity contribution in [2.45, 2.75) is 38.8 Å². The predicted octanol–water partition coefficient (Wildman–Crippen LogP) is 2.55. The van der Waals surface area contributed by atoms with E-state index >= 15 is 0 Å². The Hall–Kier alpha value is -2.30. The second-order valence-corrected chi connectivity index (χ2v) is 6.01. The minimum Gasteiger partial charge on any atom is -0.336 e. The second-order valence-electron chi connectivity index (χ2n) is 6.01. The molecule has 0 aliphatic rings. The zero-order valence-electron chi connectivity index (χ0n) is 13.4. The summed E-state index contributed by atoms with van der Waals surface area (Å²) in [5.74, 6) is 0. The molecule has 2 aromatic rings. The van der Waals surface area contributed by atoms with Gasteiger partial charge in [-0.1, -0.05) is 44.2 Å². The van der Waals surface area contributed by atoms with Gasteiger partial charge in [0.1, 0.15) is 0 Å². The van der Waals surface area contributed by atoms with Crippen molar-refractivity contribution in [3.63, 3.8) is 0 Å². The first kappa shape index (κ1) is 16.1. The van der Waals surface area contributed by atoms with Gasteiger partial charge in [0.2, 0.25) is 0 Å². The van der Waals surface area contributed by atoms with Gasteiger partial charge in [-0.2, -0.15) is 0 Å². The summed E-state index contributed by atoms with van der Waals surface area (Å²) in [7, 11) is 0. The topological polar surface area (TPSA) is 59.0 Å². The third-order valence-electron chi connectivity index (χ3n) is 4.16. The highest BCUT2D eigenvalue weighted by Crippen LogP contribution is 2.26. The van der Waals surface area contributed by atoms with Crippen molar-refractivity contribution in [1.82, 2.24) is 20.2 Å². The normalized spacial score (nSPS) is 12.7. The van der Waals surface area contributed by atoms with Gasteiger partial charge in [-0.25, -0.2) is 9.78 Å². The number of amides is 2. The Morgan fingerprint density at radius 2 is 2.05 bits per heavy atom. The van der Waals surface area contributed by atoms with E-state index in [0.29, 0.717) is 13.1 Å². The van der Waals surface area contributed by atoms with Crippen molar-refractivity contribution >= 4 is 6.03 Å². The van der Waals surface area contributed by atoms with Gasteiger partial charge in [-0.05, 0) is 12.5 Å². The van der Waals surface area contributed by atoms with Gasteiger partial charge >= 0.3 is 6.03 Å². The highest BCUT2D eigenvalue weighted by molar-refractivity contribution is 5.74. The third-order valence-corrected chi connectivity index (χ3v) is 4.16. The van der Waals surface area contributed by atoms with Gasteiger partial charge in [0.05, 0.1) is 6.33 Å². The van der Waals surface area contributed by atoms with Gasteiger partial charge in [0.25, 0.3) is 0 Å². The molecular weight excluding hydrogens is 276 g/mol. The predicted molar refractivity (Wildman–Crippen MR) is 87.7 cm³/mol. The van der Waals surface area contributed by atoms with Crippen molar-refractivity contribution < 1.29 is 4.79 Å². The maximum Gasteiger partial charge on any atom is 0.315 e. The van der Waals surface area contributed by atoms with Crippen LogP contribution in [0.15, 0.2) is 49.1 Å². The lowest BCUT2D eigenvalue weighted by atomic mass is 9.78. The van der Waals surface area contributed by atoms with Crippen molar-refractivity contribution in [3.05, 3.63) is 54.6 Å². The molecule has 0 unspecified atom stereocenters. The molecule has 0 fully saturated rings. The Morgan fingerprint density at radius 1 is 1.32 bits per heavy atom. The average molecular weight is 300 g/mol. The third kappa shape index (κ3) is 4.10. The molecule has 0 saturated carbocycles. The molecule has 0 bridgehead atoms. The van der Waals surface area contributed by atoms with Gasteiger partial charge in [-0.15, -0.1) is 0 Å². The van der Waals surface area contributed by atoms with Crippen molar-refractivity contribution in [2.75, 3.05) is 6.54 Å². The van der Waals surface area contributed by atoms with E-state index in [1.807, 2.05) is 35.9 Å². The molecule has 1 atom stereocenters. The summed E-state index contributed by atoms with van der Waals surface area (Å²) in [6, 6.07) is 10.1. The molecule has 2 N–H and O–H groups in total. The van der Waals surface area contributed by atoms with Crippen LogP contribution in [-0.2, 0) is 12.0 Å². The van der Waals surface area contributed by atoms with Crippen LogP contribution in [0.25, 0.3) is 0 Å². The van der Waals surface area contributed by atoms with Gasteiger partial charge in [0, 0.05) is 36.9 Å². The van der Waals surface area contributed by atoms with Crippen LogP contribution >= 0.6 is 0 Å². The highest BCUT2D eigenvalue weighted by Gasteiger charge is 2.28. The molecule has 1 heterocycles. The van der Waals surface area contributed by atoms with E-state index in [9.17, 15) is 4.79 Å².